The molecule has 18 heavy (non-hydrogen) atoms. The minimum absolute atomic E-state index is 0.314. The van der Waals surface area contributed by atoms with E-state index < -0.39 is 0 Å². The Morgan fingerprint density at radius 3 is 2.78 bits per heavy atom. The highest BCUT2D eigenvalue weighted by molar-refractivity contribution is 5.88. The number of ether oxygens (including phenoxy) is 2. The van der Waals surface area contributed by atoms with Crippen LogP contribution >= 0.6 is 0 Å². The fourth-order valence-corrected chi connectivity index (χ4v) is 1.84. The minimum atomic E-state index is -0.316. The van der Waals surface area contributed by atoms with Crippen molar-refractivity contribution in [3.05, 3.63) is 12.2 Å². The van der Waals surface area contributed by atoms with E-state index in [1.165, 1.54) is 0 Å². The van der Waals surface area contributed by atoms with Gasteiger partial charge in [0.05, 0.1) is 19.8 Å². The number of esters is 1. The number of hydrogen-bond donors (Lipinski definition) is 1. The summed E-state index contributed by atoms with van der Waals surface area (Å²) in [6, 6.07) is 0.314. The smallest absolute Gasteiger partial charge is 0.334 e. The van der Waals surface area contributed by atoms with Gasteiger partial charge < -0.3 is 14.8 Å². The van der Waals surface area contributed by atoms with Crippen LogP contribution in [0.4, 0.5) is 0 Å². The zero-order chi connectivity index (χ0) is 13.4. The molecule has 1 saturated heterocycles. The van der Waals surface area contributed by atoms with Gasteiger partial charge in [0.15, 0.2) is 0 Å². The van der Waals surface area contributed by atoms with Crippen LogP contribution in [0.3, 0.4) is 0 Å². The monoisotopic (exact) mass is 256 g/mol. The molecule has 0 aromatic carbocycles. The first-order valence-electron chi connectivity index (χ1n) is 6.51. The molecule has 0 saturated carbocycles. The summed E-state index contributed by atoms with van der Waals surface area (Å²) < 4.78 is 10.2. The van der Waals surface area contributed by atoms with Crippen LogP contribution in [0.2, 0.25) is 0 Å². The van der Waals surface area contributed by atoms with E-state index in [9.17, 15) is 4.79 Å². The maximum Gasteiger partial charge on any atom is 0.334 e. The summed E-state index contributed by atoms with van der Waals surface area (Å²) in [4.78, 5) is 13.7. The summed E-state index contributed by atoms with van der Waals surface area (Å²) >= 11 is 0. The van der Waals surface area contributed by atoms with Gasteiger partial charge in [-0.2, -0.15) is 0 Å². The van der Waals surface area contributed by atoms with Crippen molar-refractivity contribution in [1.82, 2.24) is 10.2 Å². The van der Waals surface area contributed by atoms with E-state index in [1.807, 2.05) is 0 Å². The molecule has 1 fully saturated rings. The van der Waals surface area contributed by atoms with Gasteiger partial charge in [0.1, 0.15) is 0 Å². The summed E-state index contributed by atoms with van der Waals surface area (Å²) in [6.45, 7) is 13.0. The molecular formula is C13H24N2O3. The minimum Gasteiger partial charge on any atom is -0.463 e. The van der Waals surface area contributed by atoms with Gasteiger partial charge in [0, 0.05) is 37.8 Å². The average molecular weight is 256 g/mol. The van der Waals surface area contributed by atoms with E-state index in [4.69, 9.17) is 9.47 Å². The van der Waals surface area contributed by atoms with Gasteiger partial charge in [-0.15, -0.1) is 0 Å². The largest absolute Gasteiger partial charge is 0.463 e. The molecule has 1 aliphatic heterocycles. The fourth-order valence-electron chi connectivity index (χ4n) is 1.84. The van der Waals surface area contributed by atoms with Crippen molar-refractivity contribution in [2.24, 2.45) is 0 Å². The van der Waals surface area contributed by atoms with Gasteiger partial charge in [0.2, 0.25) is 0 Å². The Labute approximate surface area is 109 Å². The predicted octanol–water partition coefficient (Wildman–Crippen LogP) is 0.416. The van der Waals surface area contributed by atoms with Crippen molar-refractivity contribution in [2.45, 2.75) is 19.9 Å². The average Bonchev–Trinajstić information content (AvgIpc) is 2.37. The Hall–Kier alpha value is -0.910. The number of nitrogens with zero attached hydrogens (tertiary/aromatic N) is 1. The van der Waals surface area contributed by atoms with Crippen LogP contribution in [-0.4, -0.2) is 62.9 Å². The second kappa shape index (κ2) is 8.24. The molecule has 0 radical (unpaired) electrons. The van der Waals surface area contributed by atoms with Gasteiger partial charge in [0.25, 0.3) is 0 Å². The molecule has 0 aliphatic carbocycles. The summed E-state index contributed by atoms with van der Waals surface area (Å²) in [6.07, 6.45) is 0. The molecule has 1 aliphatic rings. The van der Waals surface area contributed by atoms with Crippen LogP contribution in [-0.2, 0) is 14.3 Å². The summed E-state index contributed by atoms with van der Waals surface area (Å²) in [7, 11) is 0. The zero-order valence-electron chi connectivity index (χ0n) is 11.4. The van der Waals surface area contributed by atoms with E-state index in [1.54, 1.807) is 6.92 Å². The first-order chi connectivity index (χ1) is 8.63. The Morgan fingerprint density at radius 2 is 2.17 bits per heavy atom. The molecule has 0 bridgehead atoms. The fraction of sp³-hybridized carbons (Fsp3) is 0.769. The highest BCUT2D eigenvalue weighted by Gasteiger charge is 2.14. The van der Waals surface area contributed by atoms with Crippen LogP contribution < -0.4 is 5.32 Å². The van der Waals surface area contributed by atoms with Crippen LogP contribution in [0, 0.1) is 0 Å². The van der Waals surface area contributed by atoms with E-state index in [2.05, 4.69) is 23.7 Å². The molecule has 5 nitrogen and oxygen atoms in total. The van der Waals surface area contributed by atoms with Gasteiger partial charge >= 0.3 is 5.97 Å². The Kier molecular flexibility index (Phi) is 6.93. The standard InChI is InChI=1S/C13H24N2O3/c1-4-18-13(16)11(2)9-14-12(3)10-15-5-7-17-8-6-15/h12,14H,2,4-10H2,1,3H3. The summed E-state index contributed by atoms with van der Waals surface area (Å²) in [5, 5.41) is 3.29. The molecule has 1 rings (SSSR count). The van der Waals surface area contributed by atoms with Crippen molar-refractivity contribution in [3.63, 3.8) is 0 Å². The van der Waals surface area contributed by atoms with Crippen LogP contribution in [0.15, 0.2) is 12.2 Å². The number of morpholine rings is 1. The quantitative estimate of drug-likeness (QED) is 0.528. The van der Waals surface area contributed by atoms with E-state index in [-0.39, 0.29) is 5.97 Å². The Balaban J connectivity index is 2.17. The lowest BCUT2D eigenvalue weighted by Crippen LogP contribution is -2.45. The zero-order valence-corrected chi connectivity index (χ0v) is 11.4. The lowest BCUT2D eigenvalue weighted by molar-refractivity contribution is -0.138. The predicted molar refractivity (Wildman–Crippen MR) is 70.5 cm³/mol. The number of carbonyl (C=O) groups is 1. The molecule has 0 aromatic rings. The Bertz CT molecular complexity index is 275. The number of hydrogen-bond acceptors (Lipinski definition) is 5. The topological polar surface area (TPSA) is 50.8 Å². The third-order valence-electron chi connectivity index (χ3n) is 2.86. The summed E-state index contributed by atoms with van der Waals surface area (Å²) in [5.41, 5.74) is 0.477. The highest BCUT2D eigenvalue weighted by Crippen LogP contribution is 1.99. The maximum absolute atomic E-state index is 11.4. The van der Waals surface area contributed by atoms with Crippen molar-refractivity contribution < 1.29 is 14.3 Å². The lowest BCUT2D eigenvalue weighted by atomic mass is 10.2. The molecule has 1 heterocycles. The molecule has 0 aromatic heterocycles. The molecular weight excluding hydrogens is 232 g/mol. The lowest BCUT2D eigenvalue weighted by Gasteiger charge is -2.29. The van der Waals surface area contributed by atoms with E-state index in [0.717, 1.165) is 32.8 Å². The van der Waals surface area contributed by atoms with E-state index in [0.29, 0.717) is 24.8 Å². The van der Waals surface area contributed by atoms with Gasteiger partial charge in [-0.3, -0.25) is 4.90 Å². The first-order valence-corrected chi connectivity index (χ1v) is 6.51. The molecule has 104 valence electrons. The molecule has 1 unspecified atom stereocenters. The van der Waals surface area contributed by atoms with E-state index >= 15 is 0 Å². The molecule has 0 amide bonds. The molecule has 0 spiro atoms. The van der Waals surface area contributed by atoms with Crippen molar-refractivity contribution >= 4 is 5.97 Å². The second-order valence-corrected chi connectivity index (χ2v) is 4.52. The van der Waals surface area contributed by atoms with Crippen molar-refractivity contribution in [2.75, 3.05) is 46.0 Å². The first kappa shape index (κ1) is 15.1. The Morgan fingerprint density at radius 1 is 1.50 bits per heavy atom. The van der Waals surface area contributed by atoms with Crippen LogP contribution in [0.25, 0.3) is 0 Å². The number of carbonyl (C=O) groups excluding carboxylic acids is 1. The van der Waals surface area contributed by atoms with Crippen molar-refractivity contribution in [1.29, 1.82) is 0 Å². The highest BCUT2D eigenvalue weighted by atomic mass is 16.5. The molecule has 1 N–H and O–H groups in total. The molecule has 1 atom stereocenters. The number of rotatable bonds is 7. The SMILES string of the molecule is C=C(CNC(C)CN1CCOCC1)C(=O)OCC. The van der Waals surface area contributed by atoms with Crippen LogP contribution in [0.1, 0.15) is 13.8 Å². The van der Waals surface area contributed by atoms with Crippen molar-refractivity contribution in [3.8, 4) is 0 Å². The van der Waals surface area contributed by atoms with Gasteiger partial charge in [-0.25, -0.2) is 4.79 Å². The van der Waals surface area contributed by atoms with Crippen LogP contribution in [0.5, 0.6) is 0 Å². The van der Waals surface area contributed by atoms with Gasteiger partial charge in [-0.05, 0) is 13.8 Å². The normalized spacial score (nSPS) is 18.3. The third kappa shape index (κ3) is 5.62. The molecule has 5 heteroatoms. The summed E-state index contributed by atoms with van der Waals surface area (Å²) in [5.74, 6) is -0.316. The number of nitrogens with one attached hydrogen (secondary N) is 1. The second-order valence-electron chi connectivity index (χ2n) is 4.52. The van der Waals surface area contributed by atoms with Gasteiger partial charge in [-0.1, -0.05) is 6.58 Å². The maximum atomic E-state index is 11.4. The third-order valence-corrected chi connectivity index (χ3v) is 2.86.